The number of hydrogen-bond acceptors (Lipinski definition) is 15. The smallest absolute Gasteiger partial charge is 0.462 e. The maximum atomic E-state index is 13.1. The molecule has 0 radical (unpaired) electrons. The first-order chi connectivity index (χ1) is 46.7. The fraction of sp³-hybridized carbons (Fsp3) is 0.792. The molecule has 0 amide bonds. The van der Waals surface area contributed by atoms with Gasteiger partial charge in [-0.05, 0) is 109 Å². The average Bonchev–Trinajstić information content (AvgIpc) is 1.17. The lowest BCUT2D eigenvalue weighted by molar-refractivity contribution is -0.161. The number of carbonyl (C=O) groups is 4. The van der Waals surface area contributed by atoms with Gasteiger partial charge in [0.2, 0.25) is 0 Å². The van der Waals surface area contributed by atoms with Crippen molar-refractivity contribution in [3.8, 4) is 0 Å². The Morgan fingerprint density at radius 3 is 0.885 bits per heavy atom. The number of phosphoric acid groups is 2. The van der Waals surface area contributed by atoms with E-state index in [0.717, 1.165) is 167 Å². The summed E-state index contributed by atoms with van der Waals surface area (Å²) in [6.45, 7) is 4.71. The Morgan fingerprint density at radius 2 is 0.552 bits per heavy atom. The second kappa shape index (κ2) is 70.0. The van der Waals surface area contributed by atoms with Crippen LogP contribution >= 0.6 is 15.6 Å². The van der Waals surface area contributed by atoms with Crippen LogP contribution in [0, 0.1) is 0 Å². The molecule has 0 aliphatic carbocycles. The topological polar surface area (TPSA) is 237 Å². The van der Waals surface area contributed by atoms with Crippen LogP contribution < -0.4 is 0 Å². The fourth-order valence-corrected chi connectivity index (χ4v) is 11.9. The predicted octanol–water partition coefficient (Wildman–Crippen LogP) is 21.7. The van der Waals surface area contributed by atoms with Crippen molar-refractivity contribution >= 4 is 39.5 Å². The molecule has 3 N–H and O–H groups in total. The summed E-state index contributed by atoms with van der Waals surface area (Å²) in [7, 11) is -9.94. The Bertz CT molecular complexity index is 2110. The Kier molecular flexibility index (Phi) is 67.4. The van der Waals surface area contributed by atoms with Crippen LogP contribution in [-0.4, -0.2) is 96.7 Å². The molecule has 96 heavy (non-hydrogen) atoms. The normalized spacial score (nSPS) is 14.4. The monoisotopic (exact) mass is 1400 g/mol. The van der Waals surface area contributed by atoms with E-state index in [1.54, 1.807) is 0 Å². The van der Waals surface area contributed by atoms with E-state index in [-0.39, 0.29) is 25.7 Å². The van der Waals surface area contributed by atoms with Gasteiger partial charge in [0.25, 0.3) is 0 Å². The second-order valence-corrected chi connectivity index (χ2v) is 28.5. The van der Waals surface area contributed by atoms with Crippen molar-refractivity contribution < 1.29 is 80.2 Å². The quantitative estimate of drug-likeness (QED) is 0.0169. The highest BCUT2D eigenvalue weighted by Gasteiger charge is 2.30. The summed E-state index contributed by atoms with van der Waals surface area (Å²) in [4.78, 5) is 72.7. The lowest BCUT2D eigenvalue weighted by Gasteiger charge is -2.21. The molecule has 0 fully saturated rings. The molecule has 5 atom stereocenters. The molecule has 19 heteroatoms. The molecule has 0 rings (SSSR count). The number of aliphatic hydroxyl groups is 1. The van der Waals surface area contributed by atoms with Crippen molar-refractivity contribution in [1.29, 1.82) is 0 Å². The summed E-state index contributed by atoms with van der Waals surface area (Å²) in [6.07, 6.45) is 68.9. The summed E-state index contributed by atoms with van der Waals surface area (Å²) >= 11 is 0. The molecule has 0 aliphatic heterocycles. The van der Waals surface area contributed by atoms with Gasteiger partial charge in [-0.2, -0.15) is 0 Å². The minimum Gasteiger partial charge on any atom is -0.462 e. The Labute approximate surface area is 583 Å². The summed E-state index contributed by atoms with van der Waals surface area (Å²) in [5.41, 5.74) is 0. The number of rotatable bonds is 72. The third kappa shape index (κ3) is 69.0. The predicted molar refractivity (Wildman–Crippen MR) is 390 cm³/mol. The Morgan fingerprint density at radius 1 is 0.302 bits per heavy atom. The van der Waals surface area contributed by atoms with Gasteiger partial charge in [-0.3, -0.25) is 37.3 Å². The van der Waals surface area contributed by atoms with E-state index in [2.05, 4.69) is 101 Å². The number of carbonyl (C=O) groups excluding carboxylic acids is 4. The van der Waals surface area contributed by atoms with Gasteiger partial charge in [0, 0.05) is 25.7 Å². The highest BCUT2D eigenvalue weighted by molar-refractivity contribution is 7.47. The van der Waals surface area contributed by atoms with Crippen LogP contribution in [0.5, 0.6) is 0 Å². The molecule has 0 heterocycles. The molecule has 0 aliphatic rings. The van der Waals surface area contributed by atoms with Gasteiger partial charge in [-0.25, -0.2) is 9.13 Å². The minimum absolute atomic E-state index is 0.0860. The molecule has 0 saturated carbocycles. The lowest BCUT2D eigenvalue weighted by atomic mass is 10.0. The molecule has 0 aromatic rings. The summed E-state index contributed by atoms with van der Waals surface area (Å²) in [5, 5.41) is 10.6. The first kappa shape index (κ1) is 92.5. The van der Waals surface area contributed by atoms with Gasteiger partial charge in [-0.1, -0.05) is 274 Å². The maximum absolute atomic E-state index is 13.1. The molecular weight excluding hydrogens is 1260 g/mol. The van der Waals surface area contributed by atoms with Crippen LogP contribution in [0.3, 0.4) is 0 Å². The number of ether oxygens (including phenoxy) is 4. The molecule has 0 saturated heterocycles. The van der Waals surface area contributed by atoms with Crippen molar-refractivity contribution in [3.63, 3.8) is 0 Å². The number of phosphoric ester groups is 2. The third-order valence-corrected chi connectivity index (χ3v) is 18.1. The van der Waals surface area contributed by atoms with Crippen molar-refractivity contribution in [2.45, 2.75) is 354 Å². The zero-order valence-corrected chi connectivity index (χ0v) is 62.6. The van der Waals surface area contributed by atoms with Crippen LogP contribution in [0.2, 0.25) is 0 Å². The van der Waals surface area contributed by atoms with Gasteiger partial charge in [0.15, 0.2) is 12.2 Å². The summed E-state index contributed by atoms with van der Waals surface area (Å²) in [5.74, 6) is -2.19. The SMILES string of the molecule is CC/C=C\C/C=C\C/C=C\C/C=C\CCCCCCCCC(=O)OCC(COP(=O)(O)OCC(O)COP(=O)(O)OCC(COC(=O)CCCCCCC/C=C\CCCCCC)OC(=O)CCCCCCC/C=C\CCCC)OC(=O)CCCCCCCCCCCCCCC. The average molecular weight is 1400 g/mol. The molecule has 0 spiro atoms. The first-order valence-corrected chi connectivity index (χ1v) is 41.2. The van der Waals surface area contributed by atoms with E-state index in [0.29, 0.717) is 25.7 Å². The largest absolute Gasteiger partial charge is 0.472 e. The number of hydrogen-bond donors (Lipinski definition) is 3. The molecule has 0 aromatic carbocycles. The molecule has 0 aromatic heterocycles. The lowest BCUT2D eigenvalue weighted by Crippen LogP contribution is -2.30. The maximum Gasteiger partial charge on any atom is 0.472 e. The zero-order valence-electron chi connectivity index (χ0n) is 60.8. The summed E-state index contributed by atoms with van der Waals surface area (Å²) < 4.78 is 68.4. The van der Waals surface area contributed by atoms with Crippen LogP contribution in [-0.2, 0) is 65.4 Å². The standard InChI is InChI=1S/C77H138O17P2/c1-5-9-13-17-21-25-29-32-33-34-35-36-37-40-43-46-50-54-58-62-75(80)88-68-73(94-77(82)64-60-56-52-48-44-39-31-27-23-19-15-11-7-3)70-92-96(85,86)90-66-71(78)65-89-95(83,84)91-69-72(93-76(81)63-59-55-51-47-41-28-24-20-16-12-8-4)67-87-74(79)61-57-53-49-45-42-38-30-26-22-18-14-10-6-2/h9,13,20-21,24-26,30,32-33,35-36,71-73,78H,5-8,10-12,14-19,22-23,27-29,31,34,37-70H2,1-4H3,(H,83,84)(H,85,86)/b13-9-,24-20-,25-21-,30-26-,33-32-,36-35-. The molecule has 558 valence electrons. The van der Waals surface area contributed by atoms with Gasteiger partial charge in [-0.15, -0.1) is 0 Å². The van der Waals surface area contributed by atoms with Crippen LogP contribution in [0.15, 0.2) is 72.9 Å². The molecule has 17 nitrogen and oxygen atoms in total. The highest BCUT2D eigenvalue weighted by Crippen LogP contribution is 2.45. The fourth-order valence-electron chi connectivity index (χ4n) is 10.3. The van der Waals surface area contributed by atoms with Crippen molar-refractivity contribution in [1.82, 2.24) is 0 Å². The van der Waals surface area contributed by atoms with Crippen molar-refractivity contribution in [2.75, 3.05) is 39.6 Å². The zero-order chi connectivity index (χ0) is 70.4. The van der Waals surface area contributed by atoms with Gasteiger partial charge in [0.1, 0.15) is 19.3 Å². The summed E-state index contributed by atoms with van der Waals surface area (Å²) in [6, 6.07) is 0. The third-order valence-electron chi connectivity index (χ3n) is 16.2. The van der Waals surface area contributed by atoms with Crippen LogP contribution in [0.25, 0.3) is 0 Å². The number of unbranched alkanes of at least 4 members (excludes halogenated alkanes) is 34. The first-order valence-electron chi connectivity index (χ1n) is 38.2. The van der Waals surface area contributed by atoms with Crippen molar-refractivity contribution in [3.05, 3.63) is 72.9 Å². The number of aliphatic hydroxyl groups excluding tert-OH is 1. The van der Waals surface area contributed by atoms with E-state index in [9.17, 15) is 43.2 Å². The van der Waals surface area contributed by atoms with Crippen molar-refractivity contribution in [2.24, 2.45) is 0 Å². The van der Waals surface area contributed by atoms with E-state index in [1.165, 1.54) is 89.9 Å². The number of esters is 4. The van der Waals surface area contributed by atoms with E-state index in [4.69, 9.17) is 37.0 Å². The Hall–Kier alpha value is -3.50. The van der Waals surface area contributed by atoms with Crippen LogP contribution in [0.1, 0.15) is 336 Å². The van der Waals surface area contributed by atoms with Crippen LogP contribution in [0.4, 0.5) is 0 Å². The highest BCUT2D eigenvalue weighted by atomic mass is 31.2. The molecule has 0 bridgehead atoms. The van der Waals surface area contributed by atoms with E-state index in [1.807, 2.05) is 0 Å². The molecule has 5 unspecified atom stereocenters. The Balaban J connectivity index is 5.29. The minimum atomic E-state index is -4.97. The van der Waals surface area contributed by atoms with E-state index >= 15 is 0 Å². The second-order valence-electron chi connectivity index (χ2n) is 25.6. The van der Waals surface area contributed by atoms with E-state index < -0.39 is 97.5 Å². The van der Waals surface area contributed by atoms with Gasteiger partial charge in [0.05, 0.1) is 26.4 Å². The molecular formula is C77H138O17P2. The number of allylic oxidation sites excluding steroid dienone is 12. The van der Waals surface area contributed by atoms with Gasteiger partial charge >= 0.3 is 39.5 Å². The van der Waals surface area contributed by atoms with Gasteiger partial charge < -0.3 is 33.8 Å².